The molecule has 1 aromatic heterocycles. The Hall–Kier alpha value is -3.47. The average molecular weight is 346 g/mol. The maximum atomic E-state index is 13.1. The van der Waals surface area contributed by atoms with E-state index in [2.05, 4.69) is 9.98 Å². The molecule has 0 radical (unpaired) electrons. The quantitative estimate of drug-likeness (QED) is 0.505. The highest BCUT2D eigenvalue weighted by Gasteiger charge is 2.09. The van der Waals surface area contributed by atoms with E-state index in [4.69, 9.17) is 4.42 Å². The van der Waals surface area contributed by atoms with Gasteiger partial charge in [0.15, 0.2) is 5.58 Å². The molecule has 0 spiro atoms. The van der Waals surface area contributed by atoms with Gasteiger partial charge in [0.2, 0.25) is 5.89 Å². The van der Waals surface area contributed by atoms with Crippen LogP contribution in [0.25, 0.3) is 22.6 Å². The Balaban J connectivity index is 1.66. The number of para-hydroxylation sites is 1. The number of phenolic OH excluding ortho intramolecular Hbond substituents is 1. The number of phenols is 1. The summed E-state index contributed by atoms with van der Waals surface area (Å²) in [6, 6.07) is 16.9. The Kier molecular flexibility index (Phi) is 3.97. The van der Waals surface area contributed by atoms with Gasteiger partial charge in [-0.3, -0.25) is 4.99 Å². The molecule has 1 heterocycles. The lowest BCUT2D eigenvalue weighted by atomic mass is 10.1. The molecule has 0 saturated carbocycles. The van der Waals surface area contributed by atoms with E-state index in [9.17, 15) is 9.50 Å². The van der Waals surface area contributed by atoms with Crippen LogP contribution in [0.15, 0.2) is 70.1 Å². The molecule has 0 saturated heterocycles. The summed E-state index contributed by atoms with van der Waals surface area (Å²) in [4.78, 5) is 8.85. The average Bonchev–Trinajstić information content (AvgIpc) is 3.07. The highest BCUT2D eigenvalue weighted by molar-refractivity contribution is 5.87. The predicted octanol–water partition coefficient (Wildman–Crippen LogP) is 5.40. The molecule has 4 rings (SSSR count). The number of aromatic hydroxyl groups is 1. The third kappa shape index (κ3) is 3.07. The largest absolute Gasteiger partial charge is 0.507 e. The first kappa shape index (κ1) is 16.0. The lowest BCUT2D eigenvalue weighted by Crippen LogP contribution is -1.84. The summed E-state index contributed by atoms with van der Waals surface area (Å²) in [6.07, 6.45) is 1.62. The number of oxazole rings is 1. The van der Waals surface area contributed by atoms with Crippen molar-refractivity contribution in [3.63, 3.8) is 0 Å². The van der Waals surface area contributed by atoms with E-state index in [1.54, 1.807) is 36.5 Å². The first-order valence-electron chi connectivity index (χ1n) is 8.09. The monoisotopic (exact) mass is 346 g/mol. The zero-order valence-corrected chi connectivity index (χ0v) is 14.0. The highest BCUT2D eigenvalue weighted by Crippen LogP contribution is 2.27. The SMILES string of the molecule is Cc1cccc(C=Nc2ccc3oc(-c4ccc(F)cc4)nc3c2)c1O. The summed E-state index contributed by atoms with van der Waals surface area (Å²) in [6.45, 7) is 1.84. The number of aryl methyl sites for hydroxylation is 1. The molecule has 0 aliphatic rings. The van der Waals surface area contributed by atoms with Crippen molar-refractivity contribution in [3.8, 4) is 17.2 Å². The molecule has 128 valence electrons. The molecule has 0 unspecified atom stereocenters. The van der Waals surface area contributed by atoms with Crippen molar-refractivity contribution in [2.75, 3.05) is 0 Å². The van der Waals surface area contributed by atoms with E-state index in [0.717, 1.165) is 5.56 Å². The van der Waals surface area contributed by atoms with Crippen LogP contribution < -0.4 is 0 Å². The molecule has 26 heavy (non-hydrogen) atoms. The van der Waals surface area contributed by atoms with Crippen LogP contribution in [0.4, 0.5) is 10.1 Å². The standard InChI is InChI=1S/C21H15FN2O2/c1-13-3-2-4-15(20(13)25)12-23-17-9-10-19-18(11-17)24-21(26-19)14-5-7-16(22)8-6-14/h2-12,25H,1H3. The Morgan fingerprint density at radius 2 is 1.88 bits per heavy atom. The highest BCUT2D eigenvalue weighted by atomic mass is 19.1. The number of benzene rings is 3. The fourth-order valence-corrected chi connectivity index (χ4v) is 2.64. The van der Waals surface area contributed by atoms with Crippen LogP contribution in [-0.4, -0.2) is 16.3 Å². The van der Waals surface area contributed by atoms with Crippen molar-refractivity contribution < 1.29 is 13.9 Å². The summed E-state index contributed by atoms with van der Waals surface area (Å²) < 4.78 is 18.8. The van der Waals surface area contributed by atoms with E-state index in [0.29, 0.717) is 33.8 Å². The van der Waals surface area contributed by atoms with Crippen molar-refractivity contribution in [2.24, 2.45) is 4.99 Å². The van der Waals surface area contributed by atoms with Gasteiger partial charge in [0.05, 0.1) is 5.69 Å². The van der Waals surface area contributed by atoms with E-state index in [1.165, 1.54) is 12.1 Å². The van der Waals surface area contributed by atoms with Gasteiger partial charge >= 0.3 is 0 Å². The Morgan fingerprint density at radius 1 is 1.08 bits per heavy atom. The number of rotatable bonds is 3. The second kappa shape index (κ2) is 6.44. The lowest BCUT2D eigenvalue weighted by Gasteiger charge is -2.01. The van der Waals surface area contributed by atoms with E-state index in [-0.39, 0.29) is 11.6 Å². The van der Waals surface area contributed by atoms with E-state index >= 15 is 0 Å². The number of halogens is 1. The van der Waals surface area contributed by atoms with Gasteiger partial charge in [-0.15, -0.1) is 0 Å². The van der Waals surface area contributed by atoms with Crippen LogP contribution >= 0.6 is 0 Å². The molecule has 0 atom stereocenters. The zero-order chi connectivity index (χ0) is 18.1. The topological polar surface area (TPSA) is 58.6 Å². The zero-order valence-electron chi connectivity index (χ0n) is 14.0. The van der Waals surface area contributed by atoms with Gasteiger partial charge in [-0.25, -0.2) is 9.37 Å². The minimum atomic E-state index is -0.305. The summed E-state index contributed by atoms with van der Waals surface area (Å²) in [5.41, 5.74) is 4.13. The summed E-state index contributed by atoms with van der Waals surface area (Å²) in [5.74, 6) is 0.343. The molecule has 5 heteroatoms. The molecular formula is C21H15FN2O2. The summed E-state index contributed by atoms with van der Waals surface area (Å²) in [5, 5.41) is 10.1. The maximum absolute atomic E-state index is 13.1. The van der Waals surface area contributed by atoms with Crippen LogP contribution in [0.5, 0.6) is 5.75 Å². The number of hydrogen-bond donors (Lipinski definition) is 1. The fourth-order valence-electron chi connectivity index (χ4n) is 2.64. The number of fused-ring (bicyclic) bond motifs is 1. The van der Waals surface area contributed by atoms with Gasteiger partial charge in [-0.2, -0.15) is 0 Å². The third-order valence-corrected chi connectivity index (χ3v) is 4.08. The number of nitrogens with zero attached hydrogens (tertiary/aromatic N) is 2. The molecule has 0 amide bonds. The van der Waals surface area contributed by atoms with Crippen molar-refractivity contribution >= 4 is 23.0 Å². The first-order chi connectivity index (χ1) is 12.6. The molecule has 3 aromatic carbocycles. The van der Waals surface area contributed by atoms with Crippen molar-refractivity contribution in [2.45, 2.75) is 6.92 Å². The van der Waals surface area contributed by atoms with Crippen LogP contribution in [0.3, 0.4) is 0 Å². The fraction of sp³-hybridized carbons (Fsp3) is 0.0476. The normalized spacial score (nSPS) is 11.5. The van der Waals surface area contributed by atoms with Gasteiger partial charge in [0, 0.05) is 17.3 Å². The molecule has 4 aromatic rings. The molecule has 0 fully saturated rings. The smallest absolute Gasteiger partial charge is 0.227 e. The van der Waals surface area contributed by atoms with Crippen LogP contribution in [0, 0.1) is 12.7 Å². The van der Waals surface area contributed by atoms with Crippen LogP contribution in [0.2, 0.25) is 0 Å². The Morgan fingerprint density at radius 3 is 2.69 bits per heavy atom. The van der Waals surface area contributed by atoms with E-state index < -0.39 is 0 Å². The first-order valence-corrected chi connectivity index (χ1v) is 8.09. The summed E-state index contributed by atoms with van der Waals surface area (Å²) >= 11 is 0. The van der Waals surface area contributed by atoms with Crippen molar-refractivity contribution in [1.82, 2.24) is 4.98 Å². The second-order valence-corrected chi connectivity index (χ2v) is 5.95. The van der Waals surface area contributed by atoms with Gasteiger partial charge in [0.1, 0.15) is 17.1 Å². The Labute approximate surface area is 149 Å². The van der Waals surface area contributed by atoms with Gasteiger partial charge in [-0.1, -0.05) is 12.1 Å². The molecule has 0 bridgehead atoms. The second-order valence-electron chi connectivity index (χ2n) is 5.95. The molecule has 1 N–H and O–H groups in total. The van der Waals surface area contributed by atoms with E-state index in [1.807, 2.05) is 25.1 Å². The molecule has 0 aliphatic carbocycles. The predicted molar refractivity (Wildman–Crippen MR) is 99.5 cm³/mol. The third-order valence-electron chi connectivity index (χ3n) is 4.08. The van der Waals surface area contributed by atoms with Crippen molar-refractivity contribution in [3.05, 3.63) is 77.6 Å². The summed E-state index contributed by atoms with van der Waals surface area (Å²) in [7, 11) is 0. The Bertz CT molecular complexity index is 1110. The molecular weight excluding hydrogens is 331 g/mol. The minimum absolute atomic E-state index is 0.220. The van der Waals surface area contributed by atoms with Gasteiger partial charge in [0.25, 0.3) is 0 Å². The number of aliphatic imine (C=N–C) groups is 1. The van der Waals surface area contributed by atoms with Crippen molar-refractivity contribution in [1.29, 1.82) is 0 Å². The lowest BCUT2D eigenvalue weighted by molar-refractivity contribution is 0.470. The molecule has 4 nitrogen and oxygen atoms in total. The van der Waals surface area contributed by atoms with Crippen LogP contribution in [-0.2, 0) is 0 Å². The maximum Gasteiger partial charge on any atom is 0.227 e. The number of hydrogen-bond acceptors (Lipinski definition) is 4. The molecule has 0 aliphatic heterocycles. The number of aromatic nitrogens is 1. The van der Waals surface area contributed by atoms with Crippen LogP contribution in [0.1, 0.15) is 11.1 Å². The minimum Gasteiger partial charge on any atom is -0.507 e. The van der Waals surface area contributed by atoms with Gasteiger partial charge < -0.3 is 9.52 Å². The van der Waals surface area contributed by atoms with Gasteiger partial charge in [-0.05, 0) is 61.0 Å².